The summed E-state index contributed by atoms with van der Waals surface area (Å²) in [5.74, 6) is 0.429. The Morgan fingerprint density at radius 3 is 2.38 bits per heavy atom. The molecule has 0 fully saturated rings. The average molecular weight is 396 g/mol. The fraction of sp³-hybridized carbons (Fsp3) is 0.250. The molecule has 0 bridgehead atoms. The summed E-state index contributed by atoms with van der Waals surface area (Å²) in [6.45, 7) is 4.89. The Bertz CT molecular complexity index is 567. The largest absolute Gasteiger partial charge is 0.370 e. The summed E-state index contributed by atoms with van der Waals surface area (Å²) in [5.41, 5.74) is 7.98. The van der Waals surface area contributed by atoms with Gasteiger partial charge in [0.2, 0.25) is 0 Å². The van der Waals surface area contributed by atoms with Gasteiger partial charge in [-0.1, -0.05) is 32.0 Å². The molecule has 2 aromatic rings. The maximum Gasteiger partial charge on any atom is 0.193 e. The molecule has 2 rings (SSSR count). The number of anilines is 1. The number of aromatic nitrogens is 1. The summed E-state index contributed by atoms with van der Waals surface area (Å²) in [5, 5.41) is 3.08. The molecule has 0 saturated carbocycles. The van der Waals surface area contributed by atoms with E-state index >= 15 is 0 Å². The van der Waals surface area contributed by atoms with Crippen LogP contribution in [0, 0.1) is 0 Å². The quantitative estimate of drug-likeness (QED) is 0.473. The van der Waals surface area contributed by atoms with E-state index in [1.165, 1.54) is 5.56 Å². The molecule has 0 atom stereocenters. The Kier molecular flexibility index (Phi) is 6.61. The number of nitrogens with zero attached hydrogens (tertiary/aromatic N) is 2. The first-order valence-corrected chi connectivity index (χ1v) is 6.60. The van der Waals surface area contributed by atoms with Crippen molar-refractivity contribution in [3.63, 3.8) is 0 Å². The van der Waals surface area contributed by atoms with Gasteiger partial charge in [-0.2, -0.15) is 0 Å². The van der Waals surface area contributed by atoms with Crippen LogP contribution in [0.4, 0.5) is 5.69 Å². The third kappa shape index (κ3) is 5.34. The second-order valence-corrected chi connectivity index (χ2v) is 5.31. The molecule has 5 heteroatoms. The lowest BCUT2D eigenvalue weighted by Gasteiger charge is -2.23. The van der Waals surface area contributed by atoms with Crippen LogP contribution >= 0.6 is 24.0 Å². The molecule has 0 amide bonds. The second-order valence-electron chi connectivity index (χ2n) is 5.31. The summed E-state index contributed by atoms with van der Waals surface area (Å²) in [7, 11) is 0. The zero-order valence-electron chi connectivity index (χ0n) is 12.3. The molecular weight excluding hydrogens is 375 g/mol. The third-order valence-electron chi connectivity index (χ3n) is 3.15. The SMILES string of the molecule is CC(C)(CN=C(N)Nc1ccccc1)c1ccncc1.I. The number of para-hydroxylation sites is 1. The van der Waals surface area contributed by atoms with Crippen molar-refractivity contribution in [1.29, 1.82) is 0 Å². The van der Waals surface area contributed by atoms with Gasteiger partial charge < -0.3 is 11.1 Å². The highest BCUT2D eigenvalue weighted by atomic mass is 127. The van der Waals surface area contributed by atoms with E-state index in [9.17, 15) is 0 Å². The molecule has 0 aliphatic heterocycles. The van der Waals surface area contributed by atoms with Gasteiger partial charge in [0.1, 0.15) is 0 Å². The van der Waals surface area contributed by atoms with Gasteiger partial charge in [-0.3, -0.25) is 9.98 Å². The van der Waals surface area contributed by atoms with Gasteiger partial charge in [0.05, 0.1) is 6.54 Å². The van der Waals surface area contributed by atoms with E-state index < -0.39 is 0 Å². The maximum absolute atomic E-state index is 5.92. The van der Waals surface area contributed by atoms with Crippen LogP contribution in [0.5, 0.6) is 0 Å². The molecule has 1 heterocycles. The number of aliphatic imine (C=N–C) groups is 1. The summed E-state index contributed by atoms with van der Waals surface area (Å²) in [6, 6.07) is 13.8. The van der Waals surface area contributed by atoms with Crippen LogP contribution in [-0.4, -0.2) is 17.5 Å². The minimum atomic E-state index is -0.0775. The van der Waals surface area contributed by atoms with Crippen molar-refractivity contribution >= 4 is 35.6 Å². The number of guanidine groups is 1. The van der Waals surface area contributed by atoms with Crippen LogP contribution in [0.25, 0.3) is 0 Å². The minimum absolute atomic E-state index is 0. The Balaban J connectivity index is 0.00000220. The summed E-state index contributed by atoms with van der Waals surface area (Å²) >= 11 is 0. The number of hydrogen-bond donors (Lipinski definition) is 2. The monoisotopic (exact) mass is 396 g/mol. The second kappa shape index (κ2) is 7.97. The van der Waals surface area contributed by atoms with E-state index in [0.717, 1.165) is 5.69 Å². The molecule has 112 valence electrons. The van der Waals surface area contributed by atoms with Crippen molar-refractivity contribution in [2.45, 2.75) is 19.3 Å². The van der Waals surface area contributed by atoms with Crippen LogP contribution in [0.3, 0.4) is 0 Å². The van der Waals surface area contributed by atoms with Gasteiger partial charge in [0, 0.05) is 23.5 Å². The van der Waals surface area contributed by atoms with Crippen LogP contribution in [0.2, 0.25) is 0 Å². The van der Waals surface area contributed by atoms with Crippen LogP contribution in [0.15, 0.2) is 59.9 Å². The summed E-state index contributed by atoms with van der Waals surface area (Å²) in [6.07, 6.45) is 3.60. The molecule has 0 aliphatic carbocycles. The number of halogens is 1. The summed E-state index contributed by atoms with van der Waals surface area (Å²) in [4.78, 5) is 8.47. The molecule has 0 unspecified atom stereocenters. The number of rotatable bonds is 4. The fourth-order valence-corrected chi connectivity index (χ4v) is 1.89. The van der Waals surface area contributed by atoms with Crippen LogP contribution in [-0.2, 0) is 5.41 Å². The lowest BCUT2D eigenvalue weighted by Crippen LogP contribution is -2.27. The number of nitrogens with two attached hydrogens (primary N) is 1. The number of pyridine rings is 1. The van der Waals surface area contributed by atoms with Gasteiger partial charge in [-0.25, -0.2) is 0 Å². The first kappa shape index (κ1) is 17.4. The predicted octanol–water partition coefficient (Wildman–Crippen LogP) is 3.40. The van der Waals surface area contributed by atoms with Crippen molar-refractivity contribution in [3.05, 3.63) is 60.4 Å². The fourth-order valence-electron chi connectivity index (χ4n) is 1.89. The molecule has 0 aliphatic rings. The van der Waals surface area contributed by atoms with Crippen LogP contribution in [0.1, 0.15) is 19.4 Å². The molecular formula is C16H21IN4. The maximum atomic E-state index is 5.92. The number of hydrogen-bond acceptors (Lipinski definition) is 2. The van der Waals surface area contributed by atoms with E-state index in [1.807, 2.05) is 42.5 Å². The minimum Gasteiger partial charge on any atom is -0.370 e. The number of benzene rings is 1. The van der Waals surface area contributed by atoms with E-state index in [-0.39, 0.29) is 29.4 Å². The van der Waals surface area contributed by atoms with E-state index in [0.29, 0.717) is 12.5 Å². The van der Waals surface area contributed by atoms with E-state index in [1.54, 1.807) is 12.4 Å². The number of nitrogens with one attached hydrogen (secondary N) is 1. The van der Waals surface area contributed by atoms with Gasteiger partial charge in [0.15, 0.2) is 5.96 Å². The standard InChI is InChI=1S/C16H20N4.HI/c1-16(2,13-8-10-18-11-9-13)12-19-15(17)20-14-6-4-3-5-7-14;/h3-11H,12H2,1-2H3,(H3,17,19,20);1H. The van der Waals surface area contributed by atoms with Gasteiger partial charge in [-0.15, -0.1) is 24.0 Å². The van der Waals surface area contributed by atoms with Crippen molar-refractivity contribution in [3.8, 4) is 0 Å². The molecule has 4 nitrogen and oxygen atoms in total. The third-order valence-corrected chi connectivity index (χ3v) is 3.15. The summed E-state index contributed by atoms with van der Waals surface area (Å²) < 4.78 is 0. The van der Waals surface area contributed by atoms with Gasteiger partial charge in [0.25, 0.3) is 0 Å². The normalized spacial score (nSPS) is 11.6. The topological polar surface area (TPSA) is 63.3 Å². The molecule has 0 spiro atoms. The van der Waals surface area contributed by atoms with Crippen molar-refractivity contribution < 1.29 is 0 Å². The average Bonchev–Trinajstić information content (AvgIpc) is 2.47. The van der Waals surface area contributed by atoms with E-state index in [4.69, 9.17) is 5.73 Å². The Hall–Kier alpha value is -1.63. The molecule has 0 saturated heterocycles. The zero-order chi connectivity index (χ0) is 14.4. The molecule has 1 aromatic carbocycles. The highest BCUT2D eigenvalue weighted by molar-refractivity contribution is 14.0. The highest BCUT2D eigenvalue weighted by Crippen LogP contribution is 2.22. The predicted molar refractivity (Wildman–Crippen MR) is 99.2 cm³/mol. The first-order chi connectivity index (χ1) is 9.58. The van der Waals surface area contributed by atoms with Crippen molar-refractivity contribution in [1.82, 2.24) is 4.98 Å². The first-order valence-electron chi connectivity index (χ1n) is 6.60. The zero-order valence-corrected chi connectivity index (χ0v) is 14.6. The smallest absolute Gasteiger partial charge is 0.193 e. The van der Waals surface area contributed by atoms with Gasteiger partial charge in [-0.05, 0) is 29.8 Å². The molecule has 1 aromatic heterocycles. The van der Waals surface area contributed by atoms with Crippen molar-refractivity contribution in [2.24, 2.45) is 10.7 Å². The Labute approximate surface area is 142 Å². The Morgan fingerprint density at radius 1 is 1.14 bits per heavy atom. The Morgan fingerprint density at radius 2 is 1.76 bits per heavy atom. The lowest BCUT2D eigenvalue weighted by atomic mass is 9.85. The molecule has 3 N–H and O–H groups in total. The van der Waals surface area contributed by atoms with Crippen molar-refractivity contribution in [2.75, 3.05) is 11.9 Å². The lowest BCUT2D eigenvalue weighted by molar-refractivity contribution is 0.539. The highest BCUT2D eigenvalue weighted by Gasteiger charge is 2.19. The van der Waals surface area contributed by atoms with Gasteiger partial charge >= 0.3 is 0 Å². The van der Waals surface area contributed by atoms with Crippen LogP contribution < -0.4 is 11.1 Å². The molecule has 0 radical (unpaired) electrons. The van der Waals surface area contributed by atoms with E-state index in [2.05, 4.69) is 29.1 Å². The molecule has 21 heavy (non-hydrogen) atoms.